The first kappa shape index (κ1) is 13.8. The van der Waals surface area contributed by atoms with Gasteiger partial charge in [0.15, 0.2) is 0 Å². The number of nitrogens with one attached hydrogen (secondary N) is 1. The number of phenolic OH excluding ortho intramolecular Hbond substituents is 1. The SMILES string of the molecule is O=C(N/N=C\c1c(O)ccc2ccccc12)c1ccncc1. The molecule has 22 heavy (non-hydrogen) atoms. The fraction of sp³-hybridized carbons (Fsp3) is 0. The maximum atomic E-state index is 11.9. The summed E-state index contributed by atoms with van der Waals surface area (Å²) in [7, 11) is 0. The molecule has 0 spiro atoms. The Morgan fingerprint density at radius 1 is 1.09 bits per heavy atom. The molecule has 0 bridgehead atoms. The Kier molecular flexibility index (Phi) is 3.78. The third-order valence-corrected chi connectivity index (χ3v) is 3.25. The van der Waals surface area contributed by atoms with Crippen molar-refractivity contribution in [3.63, 3.8) is 0 Å². The van der Waals surface area contributed by atoms with Crippen molar-refractivity contribution >= 4 is 22.9 Å². The van der Waals surface area contributed by atoms with Crippen molar-refractivity contribution in [3.05, 3.63) is 72.1 Å². The Morgan fingerprint density at radius 3 is 2.68 bits per heavy atom. The predicted octanol–water partition coefficient (Wildman–Crippen LogP) is 2.70. The molecule has 0 aliphatic heterocycles. The molecule has 0 saturated heterocycles. The lowest BCUT2D eigenvalue weighted by molar-refractivity contribution is 0.0955. The second-order valence-electron chi connectivity index (χ2n) is 4.65. The Bertz CT molecular complexity index is 845. The summed E-state index contributed by atoms with van der Waals surface area (Å²) in [6, 6.07) is 14.3. The first-order valence-corrected chi connectivity index (χ1v) is 6.70. The Balaban J connectivity index is 1.84. The van der Waals surface area contributed by atoms with Gasteiger partial charge in [0.25, 0.3) is 5.91 Å². The molecule has 0 unspecified atom stereocenters. The molecule has 0 fully saturated rings. The van der Waals surface area contributed by atoms with Gasteiger partial charge in [-0.1, -0.05) is 30.3 Å². The highest BCUT2D eigenvalue weighted by Gasteiger charge is 2.05. The molecule has 0 aliphatic carbocycles. The number of hydrazone groups is 1. The van der Waals surface area contributed by atoms with Crippen LogP contribution in [0.25, 0.3) is 10.8 Å². The van der Waals surface area contributed by atoms with Crippen molar-refractivity contribution in [1.29, 1.82) is 0 Å². The normalized spacial score (nSPS) is 10.9. The number of carbonyl (C=O) groups is 1. The largest absolute Gasteiger partial charge is 0.507 e. The van der Waals surface area contributed by atoms with Crippen molar-refractivity contribution in [2.45, 2.75) is 0 Å². The van der Waals surface area contributed by atoms with E-state index in [0.717, 1.165) is 10.8 Å². The summed E-state index contributed by atoms with van der Waals surface area (Å²) in [6.07, 6.45) is 4.51. The molecule has 2 N–H and O–H groups in total. The van der Waals surface area contributed by atoms with Gasteiger partial charge in [-0.25, -0.2) is 5.43 Å². The summed E-state index contributed by atoms with van der Waals surface area (Å²) in [4.78, 5) is 15.7. The van der Waals surface area contributed by atoms with Gasteiger partial charge >= 0.3 is 0 Å². The van der Waals surface area contributed by atoms with Crippen LogP contribution in [0.2, 0.25) is 0 Å². The number of nitrogens with zero attached hydrogens (tertiary/aromatic N) is 2. The van der Waals surface area contributed by atoms with E-state index in [1.54, 1.807) is 18.2 Å². The van der Waals surface area contributed by atoms with E-state index in [0.29, 0.717) is 11.1 Å². The molecule has 0 atom stereocenters. The zero-order chi connectivity index (χ0) is 15.4. The average molecular weight is 291 g/mol. The van der Waals surface area contributed by atoms with Crippen molar-refractivity contribution in [3.8, 4) is 5.75 Å². The van der Waals surface area contributed by atoms with E-state index >= 15 is 0 Å². The minimum Gasteiger partial charge on any atom is -0.507 e. The van der Waals surface area contributed by atoms with Crippen LogP contribution < -0.4 is 5.43 Å². The van der Waals surface area contributed by atoms with Gasteiger partial charge in [0, 0.05) is 23.5 Å². The number of amides is 1. The fourth-order valence-electron chi connectivity index (χ4n) is 2.14. The third-order valence-electron chi connectivity index (χ3n) is 3.25. The highest BCUT2D eigenvalue weighted by atomic mass is 16.3. The van der Waals surface area contributed by atoms with Crippen LogP contribution in [-0.4, -0.2) is 22.2 Å². The molecule has 5 nitrogen and oxygen atoms in total. The van der Waals surface area contributed by atoms with Crippen molar-refractivity contribution < 1.29 is 9.90 Å². The minimum atomic E-state index is -0.335. The number of pyridine rings is 1. The van der Waals surface area contributed by atoms with E-state index in [-0.39, 0.29) is 11.7 Å². The number of rotatable bonds is 3. The summed E-state index contributed by atoms with van der Waals surface area (Å²) in [5, 5.41) is 15.8. The highest BCUT2D eigenvalue weighted by molar-refractivity contribution is 6.03. The maximum absolute atomic E-state index is 11.9. The first-order valence-electron chi connectivity index (χ1n) is 6.70. The van der Waals surface area contributed by atoms with Crippen LogP contribution in [-0.2, 0) is 0 Å². The number of carbonyl (C=O) groups excluding carboxylic acids is 1. The van der Waals surface area contributed by atoms with Crippen LogP contribution in [0.3, 0.4) is 0 Å². The van der Waals surface area contributed by atoms with Gasteiger partial charge in [-0.2, -0.15) is 5.10 Å². The molecule has 1 amide bonds. The quantitative estimate of drug-likeness (QED) is 0.575. The Morgan fingerprint density at radius 2 is 1.86 bits per heavy atom. The van der Waals surface area contributed by atoms with Crippen LogP contribution in [0.5, 0.6) is 5.75 Å². The second kappa shape index (κ2) is 6.05. The molecule has 2 aromatic carbocycles. The Hall–Kier alpha value is -3.21. The first-order chi connectivity index (χ1) is 10.8. The van der Waals surface area contributed by atoms with Crippen LogP contribution in [0.1, 0.15) is 15.9 Å². The summed E-state index contributed by atoms with van der Waals surface area (Å²) >= 11 is 0. The molecule has 0 saturated carbocycles. The van der Waals surface area contributed by atoms with Crippen molar-refractivity contribution in [2.24, 2.45) is 5.10 Å². The number of phenols is 1. The van der Waals surface area contributed by atoms with Gasteiger partial charge < -0.3 is 5.11 Å². The van der Waals surface area contributed by atoms with Gasteiger partial charge in [-0.05, 0) is 29.0 Å². The van der Waals surface area contributed by atoms with E-state index in [1.807, 2.05) is 30.3 Å². The molecule has 1 heterocycles. The maximum Gasteiger partial charge on any atom is 0.271 e. The van der Waals surface area contributed by atoms with Crippen molar-refractivity contribution in [1.82, 2.24) is 10.4 Å². The van der Waals surface area contributed by atoms with E-state index in [2.05, 4.69) is 15.5 Å². The Labute approximate surface area is 126 Å². The number of hydrogen-bond acceptors (Lipinski definition) is 4. The van der Waals surface area contributed by atoms with Crippen molar-refractivity contribution in [2.75, 3.05) is 0 Å². The van der Waals surface area contributed by atoms with Crippen LogP contribution >= 0.6 is 0 Å². The summed E-state index contributed by atoms with van der Waals surface area (Å²) < 4.78 is 0. The number of hydrogen-bond donors (Lipinski definition) is 2. The molecular weight excluding hydrogens is 278 g/mol. The van der Waals surface area contributed by atoms with Crippen LogP contribution in [0.4, 0.5) is 0 Å². The summed E-state index contributed by atoms with van der Waals surface area (Å²) in [5.41, 5.74) is 3.46. The predicted molar refractivity (Wildman–Crippen MR) is 84.9 cm³/mol. The van der Waals surface area contributed by atoms with Gasteiger partial charge in [0.2, 0.25) is 0 Å². The number of aromatic hydroxyl groups is 1. The zero-order valence-electron chi connectivity index (χ0n) is 11.6. The van der Waals surface area contributed by atoms with E-state index in [1.165, 1.54) is 18.6 Å². The zero-order valence-corrected chi connectivity index (χ0v) is 11.6. The van der Waals surface area contributed by atoms with Gasteiger partial charge in [0.1, 0.15) is 5.75 Å². The van der Waals surface area contributed by atoms with Gasteiger partial charge in [-0.15, -0.1) is 0 Å². The minimum absolute atomic E-state index is 0.112. The fourth-order valence-corrected chi connectivity index (χ4v) is 2.14. The lowest BCUT2D eigenvalue weighted by Gasteiger charge is -2.04. The molecular formula is C17H13N3O2. The monoisotopic (exact) mass is 291 g/mol. The number of aromatic nitrogens is 1. The average Bonchev–Trinajstić information content (AvgIpc) is 2.57. The summed E-state index contributed by atoms with van der Waals surface area (Å²) in [6.45, 7) is 0. The van der Waals surface area contributed by atoms with Crippen LogP contribution in [0, 0.1) is 0 Å². The lowest BCUT2D eigenvalue weighted by atomic mass is 10.0. The number of benzene rings is 2. The molecule has 3 aromatic rings. The second-order valence-corrected chi connectivity index (χ2v) is 4.65. The molecule has 0 aliphatic rings. The molecule has 0 radical (unpaired) electrons. The molecule has 5 heteroatoms. The number of fused-ring (bicyclic) bond motifs is 1. The lowest BCUT2D eigenvalue weighted by Crippen LogP contribution is -2.17. The topological polar surface area (TPSA) is 74.6 Å². The van der Waals surface area contributed by atoms with E-state index < -0.39 is 0 Å². The van der Waals surface area contributed by atoms with Crippen LogP contribution in [0.15, 0.2) is 66.0 Å². The van der Waals surface area contributed by atoms with Gasteiger partial charge in [-0.3, -0.25) is 9.78 Å². The summed E-state index contributed by atoms with van der Waals surface area (Å²) in [5.74, 6) is -0.223. The van der Waals surface area contributed by atoms with E-state index in [9.17, 15) is 9.90 Å². The van der Waals surface area contributed by atoms with E-state index in [4.69, 9.17) is 0 Å². The standard InChI is InChI=1S/C17H13N3O2/c21-16-6-5-12-3-1-2-4-14(12)15(16)11-19-20-17(22)13-7-9-18-10-8-13/h1-11,21H,(H,20,22)/b19-11-. The smallest absolute Gasteiger partial charge is 0.271 e. The molecule has 108 valence electrons. The third kappa shape index (κ3) is 2.78. The molecule has 3 rings (SSSR count). The highest BCUT2D eigenvalue weighted by Crippen LogP contribution is 2.25. The van der Waals surface area contributed by atoms with Gasteiger partial charge in [0.05, 0.1) is 6.21 Å². The molecule has 1 aromatic heterocycles.